The Balaban J connectivity index is 2.17. The molecule has 1 fully saturated rings. The van der Waals surface area contributed by atoms with E-state index in [2.05, 4.69) is 5.32 Å². The third-order valence-corrected chi connectivity index (χ3v) is 1.90. The van der Waals surface area contributed by atoms with Gasteiger partial charge in [0.25, 0.3) is 0 Å². The maximum atomic E-state index is 11.2. The van der Waals surface area contributed by atoms with Crippen LogP contribution >= 0.6 is 0 Å². The molecule has 0 amide bonds. The van der Waals surface area contributed by atoms with E-state index in [1.807, 2.05) is 6.92 Å². The van der Waals surface area contributed by atoms with E-state index < -0.39 is 0 Å². The summed E-state index contributed by atoms with van der Waals surface area (Å²) in [5, 5.41) is 3.14. The summed E-state index contributed by atoms with van der Waals surface area (Å²) in [4.78, 5) is 11.2. The second kappa shape index (κ2) is 4.46. The van der Waals surface area contributed by atoms with Crippen molar-refractivity contribution in [2.75, 3.05) is 19.8 Å². The van der Waals surface area contributed by atoms with Gasteiger partial charge in [0.15, 0.2) is 5.78 Å². The van der Waals surface area contributed by atoms with E-state index in [-0.39, 0.29) is 18.4 Å². The van der Waals surface area contributed by atoms with Crippen LogP contribution < -0.4 is 5.32 Å². The topological polar surface area (TPSA) is 38.3 Å². The van der Waals surface area contributed by atoms with Gasteiger partial charge in [0.2, 0.25) is 0 Å². The highest BCUT2D eigenvalue weighted by atomic mass is 16.5. The molecule has 1 saturated heterocycles. The summed E-state index contributed by atoms with van der Waals surface area (Å²) in [6.45, 7) is 3.77. The molecule has 0 aromatic heterocycles. The summed E-state index contributed by atoms with van der Waals surface area (Å²) in [7, 11) is 0. The zero-order valence-corrected chi connectivity index (χ0v) is 6.93. The van der Waals surface area contributed by atoms with Crippen LogP contribution in [-0.4, -0.2) is 31.6 Å². The number of nitrogens with one attached hydrogen (secondary N) is 1. The SMILES string of the molecule is CCOCC(=O)C1CCCN1. The lowest BCUT2D eigenvalue weighted by Crippen LogP contribution is -2.33. The van der Waals surface area contributed by atoms with Crippen LogP contribution in [0.4, 0.5) is 0 Å². The van der Waals surface area contributed by atoms with Gasteiger partial charge in [-0.3, -0.25) is 4.79 Å². The van der Waals surface area contributed by atoms with Gasteiger partial charge in [0.1, 0.15) is 6.61 Å². The number of Topliss-reactive ketones (excluding diaryl/α,β-unsaturated/α-hetero) is 1. The van der Waals surface area contributed by atoms with E-state index in [4.69, 9.17) is 4.74 Å². The van der Waals surface area contributed by atoms with Crippen LogP contribution in [0.15, 0.2) is 0 Å². The number of hydrogen-bond donors (Lipinski definition) is 1. The van der Waals surface area contributed by atoms with Gasteiger partial charge in [0, 0.05) is 6.61 Å². The van der Waals surface area contributed by atoms with Gasteiger partial charge in [-0.15, -0.1) is 0 Å². The maximum Gasteiger partial charge on any atom is 0.175 e. The fourth-order valence-electron chi connectivity index (χ4n) is 1.26. The Labute approximate surface area is 67.1 Å². The average molecular weight is 157 g/mol. The smallest absolute Gasteiger partial charge is 0.175 e. The molecule has 3 nitrogen and oxygen atoms in total. The quantitative estimate of drug-likeness (QED) is 0.639. The first-order chi connectivity index (χ1) is 5.34. The van der Waals surface area contributed by atoms with Crippen molar-refractivity contribution in [1.29, 1.82) is 0 Å². The summed E-state index contributed by atoms with van der Waals surface area (Å²) in [5.74, 6) is 0.198. The molecule has 1 heterocycles. The minimum atomic E-state index is 0.0709. The zero-order chi connectivity index (χ0) is 8.10. The number of ether oxygens (including phenoxy) is 1. The fourth-order valence-corrected chi connectivity index (χ4v) is 1.26. The van der Waals surface area contributed by atoms with Crippen LogP contribution in [0.2, 0.25) is 0 Å². The third kappa shape index (κ3) is 2.60. The van der Waals surface area contributed by atoms with Crippen LogP contribution in [0.1, 0.15) is 19.8 Å². The number of ketones is 1. The molecule has 1 N–H and O–H groups in total. The second-order valence-electron chi connectivity index (χ2n) is 2.75. The number of carbonyl (C=O) groups excluding carboxylic acids is 1. The minimum Gasteiger partial charge on any atom is -0.374 e. The van der Waals surface area contributed by atoms with Gasteiger partial charge in [-0.1, -0.05) is 0 Å². The Morgan fingerprint density at radius 1 is 1.73 bits per heavy atom. The zero-order valence-electron chi connectivity index (χ0n) is 6.93. The highest BCUT2D eigenvalue weighted by Crippen LogP contribution is 2.05. The average Bonchev–Trinajstić information content (AvgIpc) is 2.52. The van der Waals surface area contributed by atoms with E-state index in [0.29, 0.717) is 6.61 Å². The molecular formula is C8H15NO2. The number of hydrogen-bond acceptors (Lipinski definition) is 3. The van der Waals surface area contributed by atoms with Gasteiger partial charge >= 0.3 is 0 Å². The Bertz CT molecular complexity index is 130. The molecule has 0 bridgehead atoms. The summed E-state index contributed by atoms with van der Waals surface area (Å²) >= 11 is 0. The Morgan fingerprint density at radius 3 is 3.09 bits per heavy atom. The highest BCUT2D eigenvalue weighted by molar-refractivity contribution is 5.85. The van der Waals surface area contributed by atoms with Crippen molar-refractivity contribution in [3.05, 3.63) is 0 Å². The van der Waals surface area contributed by atoms with Crippen LogP contribution in [0, 0.1) is 0 Å². The molecule has 11 heavy (non-hydrogen) atoms. The first-order valence-corrected chi connectivity index (χ1v) is 4.18. The minimum absolute atomic E-state index is 0.0709. The van der Waals surface area contributed by atoms with E-state index in [1.54, 1.807) is 0 Å². The maximum absolute atomic E-state index is 11.2. The van der Waals surface area contributed by atoms with Crippen molar-refractivity contribution in [1.82, 2.24) is 5.32 Å². The van der Waals surface area contributed by atoms with Crippen LogP contribution in [0.5, 0.6) is 0 Å². The predicted octanol–water partition coefficient (Wildman–Crippen LogP) is 0.344. The van der Waals surface area contributed by atoms with Crippen molar-refractivity contribution < 1.29 is 9.53 Å². The molecule has 0 aromatic carbocycles. The molecule has 0 aliphatic carbocycles. The Kier molecular flexibility index (Phi) is 3.52. The van der Waals surface area contributed by atoms with E-state index in [1.165, 1.54) is 0 Å². The predicted molar refractivity (Wildman–Crippen MR) is 42.5 cm³/mol. The van der Waals surface area contributed by atoms with Crippen LogP contribution in [-0.2, 0) is 9.53 Å². The molecule has 1 rings (SSSR count). The van der Waals surface area contributed by atoms with E-state index >= 15 is 0 Å². The molecule has 1 atom stereocenters. The molecule has 3 heteroatoms. The first kappa shape index (κ1) is 8.68. The lowest BCUT2D eigenvalue weighted by molar-refractivity contribution is -0.125. The monoisotopic (exact) mass is 157 g/mol. The second-order valence-corrected chi connectivity index (χ2v) is 2.75. The molecule has 0 aromatic rings. The summed E-state index contributed by atoms with van der Waals surface area (Å²) in [6, 6.07) is 0.0709. The number of rotatable bonds is 4. The number of carbonyl (C=O) groups is 1. The standard InChI is InChI=1S/C8H15NO2/c1-2-11-6-8(10)7-4-3-5-9-7/h7,9H,2-6H2,1H3. The van der Waals surface area contributed by atoms with Gasteiger partial charge in [-0.05, 0) is 26.3 Å². The van der Waals surface area contributed by atoms with Crippen molar-refractivity contribution in [2.45, 2.75) is 25.8 Å². The van der Waals surface area contributed by atoms with Crippen molar-refractivity contribution in [3.8, 4) is 0 Å². The molecular weight excluding hydrogens is 142 g/mol. The molecule has 1 unspecified atom stereocenters. The molecule has 64 valence electrons. The van der Waals surface area contributed by atoms with Gasteiger partial charge in [-0.25, -0.2) is 0 Å². The molecule has 0 radical (unpaired) electrons. The van der Waals surface area contributed by atoms with E-state index in [0.717, 1.165) is 19.4 Å². The van der Waals surface area contributed by atoms with Crippen LogP contribution in [0.25, 0.3) is 0 Å². The molecule has 1 aliphatic rings. The lowest BCUT2D eigenvalue weighted by atomic mass is 10.1. The largest absolute Gasteiger partial charge is 0.374 e. The highest BCUT2D eigenvalue weighted by Gasteiger charge is 2.21. The Morgan fingerprint density at radius 2 is 2.55 bits per heavy atom. The summed E-state index contributed by atoms with van der Waals surface area (Å²) in [5.41, 5.74) is 0. The molecule has 1 aliphatic heterocycles. The molecule has 0 spiro atoms. The van der Waals surface area contributed by atoms with Crippen molar-refractivity contribution in [2.24, 2.45) is 0 Å². The van der Waals surface area contributed by atoms with Gasteiger partial charge in [0.05, 0.1) is 6.04 Å². The van der Waals surface area contributed by atoms with Crippen LogP contribution in [0.3, 0.4) is 0 Å². The first-order valence-electron chi connectivity index (χ1n) is 4.18. The van der Waals surface area contributed by atoms with Crippen molar-refractivity contribution >= 4 is 5.78 Å². The summed E-state index contributed by atoms with van der Waals surface area (Å²) in [6.07, 6.45) is 2.09. The molecule has 0 saturated carbocycles. The third-order valence-electron chi connectivity index (χ3n) is 1.90. The van der Waals surface area contributed by atoms with Gasteiger partial charge in [-0.2, -0.15) is 0 Å². The fraction of sp³-hybridized carbons (Fsp3) is 0.875. The van der Waals surface area contributed by atoms with Gasteiger partial charge < -0.3 is 10.1 Å². The summed E-state index contributed by atoms with van der Waals surface area (Å²) < 4.78 is 5.02. The Hall–Kier alpha value is -0.410. The van der Waals surface area contributed by atoms with E-state index in [9.17, 15) is 4.79 Å². The lowest BCUT2D eigenvalue weighted by Gasteiger charge is -2.07. The normalized spacial score (nSPS) is 23.9. The van der Waals surface area contributed by atoms with Crippen molar-refractivity contribution in [3.63, 3.8) is 0 Å².